The Morgan fingerprint density at radius 1 is 1.00 bits per heavy atom. The van der Waals surface area contributed by atoms with Crippen LogP contribution in [0.25, 0.3) is 22.4 Å². The number of furan rings is 1. The van der Waals surface area contributed by atoms with E-state index in [9.17, 15) is 0 Å². The van der Waals surface area contributed by atoms with Gasteiger partial charge in [0.2, 0.25) is 5.95 Å². The number of pyridine rings is 1. The minimum absolute atomic E-state index is 0.808. The summed E-state index contributed by atoms with van der Waals surface area (Å²) < 4.78 is 5.51. The third-order valence-corrected chi connectivity index (χ3v) is 4.52. The average molecular weight is 320 g/mol. The quantitative estimate of drug-likeness (QED) is 0.727. The molecular formula is C19H20N4O. The molecule has 3 aromatic heterocycles. The molecule has 0 radical (unpaired) electrons. The smallest absolute Gasteiger partial charge is 0.225 e. The first kappa shape index (κ1) is 14.9. The topological polar surface area (TPSA) is 55.1 Å². The van der Waals surface area contributed by atoms with Crippen LogP contribution in [0.2, 0.25) is 0 Å². The molecule has 5 heteroatoms. The molecule has 1 fully saturated rings. The number of rotatable bonds is 3. The van der Waals surface area contributed by atoms with Gasteiger partial charge in [0.05, 0.1) is 12.0 Å². The molecule has 0 unspecified atom stereocenters. The summed E-state index contributed by atoms with van der Waals surface area (Å²) in [6.07, 6.45) is 10.9. The zero-order valence-corrected chi connectivity index (χ0v) is 13.8. The van der Waals surface area contributed by atoms with Crippen molar-refractivity contribution in [3.63, 3.8) is 0 Å². The Balaban J connectivity index is 1.83. The van der Waals surface area contributed by atoms with Crippen LogP contribution in [0.1, 0.15) is 25.0 Å². The molecule has 4 heterocycles. The molecule has 1 aliphatic rings. The first-order valence-electron chi connectivity index (χ1n) is 8.40. The summed E-state index contributed by atoms with van der Waals surface area (Å²) in [6.45, 7) is 4.02. The van der Waals surface area contributed by atoms with E-state index in [1.807, 2.05) is 31.3 Å². The predicted octanol–water partition coefficient (Wildman–Crippen LogP) is 4.10. The summed E-state index contributed by atoms with van der Waals surface area (Å²) in [4.78, 5) is 15.9. The summed E-state index contributed by atoms with van der Waals surface area (Å²) in [7, 11) is 0. The van der Waals surface area contributed by atoms with E-state index in [-0.39, 0.29) is 0 Å². The van der Waals surface area contributed by atoms with E-state index < -0.39 is 0 Å². The maximum Gasteiger partial charge on any atom is 0.225 e. The van der Waals surface area contributed by atoms with Crippen molar-refractivity contribution in [2.75, 3.05) is 18.0 Å². The second-order valence-electron chi connectivity index (χ2n) is 6.11. The highest BCUT2D eigenvalue weighted by Gasteiger charge is 2.19. The lowest BCUT2D eigenvalue weighted by atomic mass is 10.0. The third-order valence-electron chi connectivity index (χ3n) is 4.52. The van der Waals surface area contributed by atoms with Gasteiger partial charge in [0.25, 0.3) is 0 Å². The van der Waals surface area contributed by atoms with Crippen molar-refractivity contribution >= 4 is 5.95 Å². The number of hydrogen-bond acceptors (Lipinski definition) is 5. The molecule has 0 aliphatic carbocycles. The lowest BCUT2D eigenvalue weighted by Gasteiger charge is -2.27. The molecule has 1 saturated heterocycles. The maximum atomic E-state index is 5.51. The van der Waals surface area contributed by atoms with Crippen molar-refractivity contribution < 1.29 is 4.42 Å². The van der Waals surface area contributed by atoms with Gasteiger partial charge >= 0.3 is 0 Å². The van der Waals surface area contributed by atoms with Gasteiger partial charge in [-0.3, -0.25) is 4.98 Å². The Hall–Kier alpha value is -2.69. The van der Waals surface area contributed by atoms with Gasteiger partial charge < -0.3 is 9.32 Å². The lowest BCUT2D eigenvalue weighted by molar-refractivity contribution is 0.535. The monoisotopic (exact) mass is 320 g/mol. The fourth-order valence-electron chi connectivity index (χ4n) is 3.20. The van der Waals surface area contributed by atoms with Gasteiger partial charge in [-0.15, -0.1) is 0 Å². The SMILES string of the molecule is Cc1occc1-c1nc(N2CCCCC2)ncc1-c1ccncc1. The molecule has 24 heavy (non-hydrogen) atoms. The van der Waals surface area contributed by atoms with E-state index in [0.717, 1.165) is 47.2 Å². The number of hydrogen-bond donors (Lipinski definition) is 0. The summed E-state index contributed by atoms with van der Waals surface area (Å²) in [5, 5.41) is 0. The summed E-state index contributed by atoms with van der Waals surface area (Å²) >= 11 is 0. The van der Waals surface area contributed by atoms with Crippen LogP contribution >= 0.6 is 0 Å². The zero-order chi connectivity index (χ0) is 16.4. The maximum absolute atomic E-state index is 5.51. The van der Waals surface area contributed by atoms with Crippen LogP contribution in [-0.4, -0.2) is 28.0 Å². The minimum atomic E-state index is 0.808. The molecule has 5 nitrogen and oxygen atoms in total. The molecule has 0 amide bonds. The van der Waals surface area contributed by atoms with Gasteiger partial charge in [0, 0.05) is 42.8 Å². The van der Waals surface area contributed by atoms with Crippen molar-refractivity contribution in [2.24, 2.45) is 0 Å². The highest BCUT2D eigenvalue weighted by Crippen LogP contribution is 2.33. The first-order valence-corrected chi connectivity index (χ1v) is 8.40. The zero-order valence-electron chi connectivity index (χ0n) is 13.8. The van der Waals surface area contributed by atoms with Crippen LogP contribution in [0.5, 0.6) is 0 Å². The second-order valence-corrected chi connectivity index (χ2v) is 6.11. The molecule has 0 saturated carbocycles. The van der Waals surface area contributed by atoms with Crippen molar-refractivity contribution in [3.05, 3.63) is 48.8 Å². The molecule has 0 bridgehead atoms. The average Bonchev–Trinajstić information content (AvgIpc) is 3.08. The van der Waals surface area contributed by atoms with Crippen molar-refractivity contribution in [3.8, 4) is 22.4 Å². The molecule has 3 aromatic rings. The Bertz CT molecular complexity index is 822. The summed E-state index contributed by atoms with van der Waals surface area (Å²) in [5.41, 5.74) is 4.00. The van der Waals surface area contributed by atoms with Crippen LogP contribution < -0.4 is 4.90 Å². The fourth-order valence-corrected chi connectivity index (χ4v) is 3.20. The van der Waals surface area contributed by atoms with Crippen LogP contribution in [0.15, 0.2) is 47.5 Å². The Labute approximate surface area is 141 Å². The van der Waals surface area contributed by atoms with E-state index in [4.69, 9.17) is 9.40 Å². The van der Waals surface area contributed by atoms with Crippen LogP contribution in [-0.2, 0) is 0 Å². The van der Waals surface area contributed by atoms with E-state index in [1.54, 1.807) is 18.7 Å². The van der Waals surface area contributed by atoms with Gasteiger partial charge in [0.15, 0.2) is 0 Å². The number of nitrogens with zero attached hydrogens (tertiary/aromatic N) is 4. The van der Waals surface area contributed by atoms with Gasteiger partial charge in [-0.05, 0) is 49.9 Å². The lowest BCUT2D eigenvalue weighted by Crippen LogP contribution is -2.31. The first-order chi connectivity index (χ1) is 11.8. The van der Waals surface area contributed by atoms with Gasteiger partial charge in [0.1, 0.15) is 5.76 Å². The molecule has 4 rings (SSSR count). The fraction of sp³-hybridized carbons (Fsp3) is 0.316. The van der Waals surface area contributed by atoms with E-state index in [0.29, 0.717) is 0 Å². The predicted molar refractivity (Wildman–Crippen MR) is 93.8 cm³/mol. The van der Waals surface area contributed by atoms with E-state index in [1.165, 1.54) is 19.3 Å². The summed E-state index contributed by atoms with van der Waals surface area (Å²) in [5.74, 6) is 1.68. The number of piperidine rings is 1. The van der Waals surface area contributed by atoms with Crippen LogP contribution in [0.3, 0.4) is 0 Å². The van der Waals surface area contributed by atoms with Gasteiger partial charge in [-0.2, -0.15) is 0 Å². The highest BCUT2D eigenvalue weighted by molar-refractivity contribution is 5.81. The van der Waals surface area contributed by atoms with Crippen LogP contribution in [0, 0.1) is 6.92 Å². The van der Waals surface area contributed by atoms with Gasteiger partial charge in [-0.25, -0.2) is 9.97 Å². The van der Waals surface area contributed by atoms with E-state index >= 15 is 0 Å². The van der Waals surface area contributed by atoms with Gasteiger partial charge in [-0.1, -0.05) is 0 Å². The molecular weight excluding hydrogens is 300 g/mol. The van der Waals surface area contributed by atoms with Crippen LogP contribution in [0.4, 0.5) is 5.95 Å². The second kappa shape index (κ2) is 6.43. The Morgan fingerprint density at radius 3 is 2.50 bits per heavy atom. The largest absolute Gasteiger partial charge is 0.469 e. The van der Waals surface area contributed by atoms with Crippen molar-refractivity contribution in [1.29, 1.82) is 0 Å². The number of aromatic nitrogens is 3. The molecule has 0 atom stereocenters. The minimum Gasteiger partial charge on any atom is -0.469 e. The van der Waals surface area contributed by atoms with Crippen molar-refractivity contribution in [2.45, 2.75) is 26.2 Å². The Morgan fingerprint density at radius 2 is 1.79 bits per heavy atom. The number of anilines is 1. The standard InChI is InChI=1S/C19H20N4O/c1-14-16(7-12-24-14)18-17(15-5-8-20-9-6-15)13-21-19(22-18)23-10-3-2-4-11-23/h5-9,12-13H,2-4,10-11H2,1H3. The molecule has 122 valence electrons. The molecule has 1 aliphatic heterocycles. The highest BCUT2D eigenvalue weighted by atomic mass is 16.3. The third kappa shape index (κ3) is 2.77. The molecule has 0 N–H and O–H groups in total. The van der Waals surface area contributed by atoms with Crippen molar-refractivity contribution in [1.82, 2.24) is 15.0 Å². The molecule has 0 spiro atoms. The Kier molecular flexibility index (Phi) is 3.99. The number of aryl methyl sites for hydroxylation is 1. The molecule has 0 aromatic carbocycles. The summed E-state index contributed by atoms with van der Waals surface area (Å²) in [6, 6.07) is 5.94. The normalized spacial score (nSPS) is 14.8. The van der Waals surface area contributed by atoms with E-state index in [2.05, 4.69) is 14.9 Å².